The molecule has 4 heteroatoms. The molecule has 0 amide bonds. The van der Waals surface area contributed by atoms with Gasteiger partial charge < -0.3 is 9.80 Å². The van der Waals surface area contributed by atoms with Crippen LogP contribution in [0.3, 0.4) is 0 Å². The summed E-state index contributed by atoms with van der Waals surface area (Å²) in [5, 5.41) is 0. The van der Waals surface area contributed by atoms with Gasteiger partial charge in [0.15, 0.2) is 5.96 Å². The molecule has 1 aliphatic rings. The largest absolute Gasteiger partial charge is 0.349 e. The molecule has 1 saturated heterocycles. The molecule has 18 heavy (non-hydrogen) atoms. The average Bonchev–Trinajstić information content (AvgIpc) is 2.75. The minimum Gasteiger partial charge on any atom is -0.349 e. The van der Waals surface area contributed by atoms with Gasteiger partial charge in [0.2, 0.25) is 0 Å². The summed E-state index contributed by atoms with van der Waals surface area (Å²) in [6.45, 7) is 8.02. The average molecular weight is 254 g/mol. The van der Waals surface area contributed by atoms with E-state index in [9.17, 15) is 0 Å². The van der Waals surface area contributed by atoms with E-state index in [-0.39, 0.29) is 0 Å². The van der Waals surface area contributed by atoms with Crippen molar-refractivity contribution in [1.82, 2.24) is 14.7 Å². The molecule has 1 rings (SSSR count). The highest BCUT2D eigenvalue weighted by Crippen LogP contribution is 2.18. The first-order chi connectivity index (χ1) is 8.43. The highest BCUT2D eigenvalue weighted by Gasteiger charge is 2.24. The van der Waals surface area contributed by atoms with Gasteiger partial charge in [0.25, 0.3) is 0 Å². The second-order valence-electron chi connectivity index (χ2n) is 5.98. The Morgan fingerprint density at radius 1 is 1.06 bits per heavy atom. The van der Waals surface area contributed by atoms with Crippen molar-refractivity contribution in [3.05, 3.63) is 0 Å². The van der Waals surface area contributed by atoms with Crippen molar-refractivity contribution in [2.75, 3.05) is 47.8 Å². The maximum atomic E-state index is 4.82. The van der Waals surface area contributed by atoms with Crippen LogP contribution in [0.5, 0.6) is 0 Å². The van der Waals surface area contributed by atoms with E-state index in [1.807, 2.05) is 0 Å². The van der Waals surface area contributed by atoms with Crippen molar-refractivity contribution in [3.8, 4) is 0 Å². The summed E-state index contributed by atoms with van der Waals surface area (Å²) >= 11 is 0. The third-order valence-corrected chi connectivity index (χ3v) is 3.60. The molecular weight excluding hydrogens is 224 g/mol. The molecule has 0 radical (unpaired) electrons. The molecule has 0 N–H and O–H groups in total. The summed E-state index contributed by atoms with van der Waals surface area (Å²) in [6.07, 6.45) is 2.70. The lowest BCUT2D eigenvalue weighted by Crippen LogP contribution is -2.41. The molecule has 0 spiro atoms. The van der Waals surface area contributed by atoms with Crippen molar-refractivity contribution >= 4 is 5.96 Å². The molecule has 0 unspecified atom stereocenters. The number of nitrogens with zero attached hydrogens (tertiary/aromatic N) is 4. The van der Waals surface area contributed by atoms with Crippen LogP contribution in [0.15, 0.2) is 4.99 Å². The zero-order chi connectivity index (χ0) is 13.7. The molecule has 0 aromatic rings. The predicted molar refractivity (Wildman–Crippen MR) is 79.1 cm³/mol. The Morgan fingerprint density at radius 3 is 1.94 bits per heavy atom. The SMILES string of the molecule is CC(C)[C@H](CN=C(N(C)C)N(C)C)N1CCCC1. The summed E-state index contributed by atoms with van der Waals surface area (Å²) in [5.74, 6) is 1.72. The Kier molecular flexibility index (Phi) is 5.93. The van der Waals surface area contributed by atoms with E-state index in [1.54, 1.807) is 0 Å². The Labute approximate surface area is 113 Å². The van der Waals surface area contributed by atoms with E-state index in [1.165, 1.54) is 25.9 Å². The van der Waals surface area contributed by atoms with Gasteiger partial charge in [-0.3, -0.25) is 9.89 Å². The van der Waals surface area contributed by atoms with Crippen LogP contribution in [-0.4, -0.2) is 74.5 Å². The topological polar surface area (TPSA) is 22.1 Å². The molecule has 1 fully saturated rings. The first kappa shape index (κ1) is 15.3. The molecule has 0 bridgehead atoms. The van der Waals surface area contributed by atoms with E-state index >= 15 is 0 Å². The van der Waals surface area contributed by atoms with Gasteiger partial charge >= 0.3 is 0 Å². The Balaban J connectivity index is 2.68. The summed E-state index contributed by atoms with van der Waals surface area (Å²) in [4.78, 5) is 11.6. The van der Waals surface area contributed by atoms with Gasteiger partial charge in [0, 0.05) is 34.2 Å². The van der Waals surface area contributed by atoms with Gasteiger partial charge in [-0.2, -0.15) is 0 Å². The van der Waals surface area contributed by atoms with Crippen LogP contribution >= 0.6 is 0 Å². The molecule has 0 aliphatic carbocycles. The minimum absolute atomic E-state index is 0.586. The van der Waals surface area contributed by atoms with Gasteiger partial charge in [0.1, 0.15) is 0 Å². The summed E-state index contributed by atoms with van der Waals surface area (Å²) in [7, 11) is 8.22. The number of rotatable bonds is 4. The zero-order valence-corrected chi connectivity index (χ0v) is 13.0. The maximum absolute atomic E-state index is 4.82. The summed E-state index contributed by atoms with van der Waals surface area (Å²) < 4.78 is 0. The molecule has 0 aromatic heterocycles. The van der Waals surface area contributed by atoms with Crippen LogP contribution in [0.1, 0.15) is 26.7 Å². The Hall–Kier alpha value is -0.770. The van der Waals surface area contributed by atoms with E-state index in [0.717, 1.165) is 12.5 Å². The van der Waals surface area contributed by atoms with Gasteiger partial charge in [-0.1, -0.05) is 13.8 Å². The first-order valence-corrected chi connectivity index (χ1v) is 7.06. The van der Waals surface area contributed by atoms with Crippen LogP contribution in [0.4, 0.5) is 0 Å². The Morgan fingerprint density at radius 2 is 1.56 bits per heavy atom. The monoisotopic (exact) mass is 254 g/mol. The van der Waals surface area contributed by atoms with Crippen molar-refractivity contribution in [2.45, 2.75) is 32.7 Å². The lowest BCUT2D eigenvalue weighted by molar-refractivity contribution is 0.197. The molecule has 1 heterocycles. The molecule has 0 saturated carbocycles. The van der Waals surface area contributed by atoms with Crippen molar-refractivity contribution in [3.63, 3.8) is 0 Å². The van der Waals surface area contributed by atoms with Crippen LogP contribution < -0.4 is 0 Å². The van der Waals surface area contributed by atoms with Crippen LogP contribution in [0, 0.1) is 5.92 Å². The predicted octanol–water partition coefficient (Wildman–Crippen LogP) is 1.59. The van der Waals surface area contributed by atoms with Crippen LogP contribution in [0.2, 0.25) is 0 Å². The molecule has 1 atom stereocenters. The lowest BCUT2D eigenvalue weighted by Gasteiger charge is -2.31. The molecule has 0 aromatic carbocycles. The summed E-state index contributed by atoms with van der Waals surface area (Å²) in [6, 6.07) is 0.586. The third kappa shape index (κ3) is 4.16. The molecule has 106 valence electrons. The van der Waals surface area contributed by atoms with Gasteiger partial charge in [-0.05, 0) is 31.8 Å². The minimum atomic E-state index is 0.586. The normalized spacial score (nSPS) is 17.9. The fourth-order valence-corrected chi connectivity index (χ4v) is 2.68. The Bertz CT molecular complexity index is 255. The smallest absolute Gasteiger partial charge is 0.195 e. The number of hydrogen-bond acceptors (Lipinski definition) is 2. The van der Waals surface area contributed by atoms with Gasteiger partial charge in [-0.15, -0.1) is 0 Å². The number of likely N-dealkylation sites (tertiary alicyclic amines) is 1. The van der Waals surface area contributed by atoms with E-state index in [2.05, 4.69) is 56.7 Å². The fourth-order valence-electron chi connectivity index (χ4n) is 2.68. The summed E-state index contributed by atoms with van der Waals surface area (Å²) in [5.41, 5.74) is 0. The number of aliphatic imine (C=N–C) groups is 1. The number of guanidine groups is 1. The quantitative estimate of drug-likeness (QED) is 0.562. The zero-order valence-electron chi connectivity index (χ0n) is 13.0. The van der Waals surface area contributed by atoms with Gasteiger partial charge in [-0.25, -0.2) is 0 Å². The first-order valence-electron chi connectivity index (χ1n) is 7.06. The van der Waals surface area contributed by atoms with Crippen molar-refractivity contribution < 1.29 is 0 Å². The second kappa shape index (κ2) is 6.98. The fraction of sp³-hybridized carbons (Fsp3) is 0.929. The third-order valence-electron chi connectivity index (χ3n) is 3.60. The van der Waals surface area contributed by atoms with E-state index in [4.69, 9.17) is 4.99 Å². The maximum Gasteiger partial charge on any atom is 0.195 e. The molecule has 1 aliphatic heterocycles. The van der Waals surface area contributed by atoms with Crippen LogP contribution in [-0.2, 0) is 0 Å². The highest BCUT2D eigenvalue weighted by molar-refractivity contribution is 5.79. The van der Waals surface area contributed by atoms with Crippen molar-refractivity contribution in [2.24, 2.45) is 10.9 Å². The standard InChI is InChI=1S/C14H30N4/c1-12(2)13(18-9-7-8-10-18)11-15-14(16(3)4)17(5)6/h12-13H,7-11H2,1-6H3/t13-/m0/s1. The van der Waals surface area contributed by atoms with E-state index < -0.39 is 0 Å². The second-order valence-corrected chi connectivity index (χ2v) is 5.98. The highest BCUT2D eigenvalue weighted by atomic mass is 15.3. The molecular formula is C14H30N4. The van der Waals surface area contributed by atoms with Crippen LogP contribution in [0.25, 0.3) is 0 Å². The number of hydrogen-bond donors (Lipinski definition) is 0. The lowest BCUT2D eigenvalue weighted by atomic mass is 10.0. The van der Waals surface area contributed by atoms with Crippen molar-refractivity contribution in [1.29, 1.82) is 0 Å². The van der Waals surface area contributed by atoms with Gasteiger partial charge in [0.05, 0.1) is 6.54 Å². The molecule has 4 nitrogen and oxygen atoms in total. The van der Waals surface area contributed by atoms with E-state index in [0.29, 0.717) is 12.0 Å².